The minimum atomic E-state index is -0.363. The van der Waals surface area contributed by atoms with Gasteiger partial charge in [-0.2, -0.15) is 0 Å². The summed E-state index contributed by atoms with van der Waals surface area (Å²) in [5.74, 6) is -0.152. The summed E-state index contributed by atoms with van der Waals surface area (Å²) in [5, 5.41) is 2.68. The van der Waals surface area contributed by atoms with Gasteiger partial charge in [0.25, 0.3) is 5.91 Å². The Bertz CT molecular complexity index is 725. The molecule has 0 atom stereocenters. The van der Waals surface area contributed by atoms with Gasteiger partial charge in [-0.3, -0.25) is 9.59 Å². The van der Waals surface area contributed by atoms with E-state index >= 15 is 0 Å². The third kappa shape index (κ3) is 6.14. The molecule has 1 N–H and O–H groups in total. The summed E-state index contributed by atoms with van der Waals surface area (Å²) in [5.41, 5.74) is 1.48. The lowest BCUT2D eigenvalue weighted by Crippen LogP contribution is -2.26. The maximum absolute atomic E-state index is 12.1. The van der Waals surface area contributed by atoms with Crippen LogP contribution >= 0.6 is 0 Å². The molecule has 25 heavy (non-hydrogen) atoms. The molecule has 5 nitrogen and oxygen atoms in total. The Morgan fingerprint density at radius 2 is 1.76 bits per heavy atom. The standard InChI is InChI=1S/C20H21NO4/c1-24-18-12-6-5-11-17(18)20(23)21-14-13-19(22)25-15-7-10-16-8-3-2-4-9-16/h2-12H,13-15H2,1H3,(H,21,23)/b10-7+. The van der Waals surface area contributed by atoms with Crippen molar-refractivity contribution in [1.82, 2.24) is 5.32 Å². The first-order valence-electron chi connectivity index (χ1n) is 7.99. The minimum absolute atomic E-state index is 0.111. The maximum atomic E-state index is 12.1. The largest absolute Gasteiger partial charge is 0.496 e. The normalized spacial score (nSPS) is 10.4. The van der Waals surface area contributed by atoms with Crippen LogP contribution in [-0.2, 0) is 9.53 Å². The summed E-state index contributed by atoms with van der Waals surface area (Å²) in [6, 6.07) is 16.7. The van der Waals surface area contributed by atoms with Gasteiger partial charge in [0, 0.05) is 6.54 Å². The number of benzene rings is 2. The first-order valence-corrected chi connectivity index (χ1v) is 7.99. The van der Waals surface area contributed by atoms with Crippen LogP contribution in [0.3, 0.4) is 0 Å². The second kappa shape index (κ2) is 9.93. The topological polar surface area (TPSA) is 64.6 Å². The van der Waals surface area contributed by atoms with Crippen molar-refractivity contribution in [2.75, 3.05) is 20.3 Å². The van der Waals surface area contributed by atoms with Crippen molar-refractivity contribution in [3.05, 3.63) is 71.8 Å². The SMILES string of the molecule is COc1ccccc1C(=O)NCCC(=O)OC/C=C/c1ccccc1. The molecule has 0 aliphatic carbocycles. The van der Waals surface area contributed by atoms with Crippen LogP contribution in [0.4, 0.5) is 0 Å². The monoisotopic (exact) mass is 339 g/mol. The van der Waals surface area contributed by atoms with Gasteiger partial charge in [-0.05, 0) is 23.8 Å². The number of esters is 1. The molecule has 2 aromatic carbocycles. The van der Waals surface area contributed by atoms with Gasteiger partial charge in [0.1, 0.15) is 12.4 Å². The first-order chi connectivity index (χ1) is 12.2. The Hall–Kier alpha value is -3.08. The molecule has 0 aliphatic rings. The molecule has 0 aliphatic heterocycles. The number of nitrogens with one attached hydrogen (secondary N) is 1. The number of para-hydroxylation sites is 1. The molecule has 0 fully saturated rings. The second-order valence-electron chi connectivity index (χ2n) is 5.20. The highest BCUT2D eigenvalue weighted by Crippen LogP contribution is 2.16. The van der Waals surface area contributed by atoms with Gasteiger partial charge < -0.3 is 14.8 Å². The van der Waals surface area contributed by atoms with E-state index in [1.54, 1.807) is 30.3 Å². The molecule has 0 radical (unpaired) electrons. The van der Waals surface area contributed by atoms with E-state index in [1.165, 1.54) is 7.11 Å². The van der Waals surface area contributed by atoms with Crippen LogP contribution in [0.15, 0.2) is 60.7 Å². The van der Waals surface area contributed by atoms with Crippen LogP contribution in [0.25, 0.3) is 6.08 Å². The fourth-order valence-electron chi connectivity index (χ4n) is 2.17. The van der Waals surface area contributed by atoms with Gasteiger partial charge in [0.15, 0.2) is 0 Å². The lowest BCUT2D eigenvalue weighted by molar-refractivity contribution is -0.142. The number of hydrogen-bond donors (Lipinski definition) is 1. The summed E-state index contributed by atoms with van der Waals surface area (Å²) in [6.45, 7) is 0.409. The fraction of sp³-hybridized carbons (Fsp3) is 0.200. The van der Waals surface area contributed by atoms with Gasteiger partial charge in [-0.15, -0.1) is 0 Å². The van der Waals surface area contributed by atoms with Gasteiger partial charge in [-0.1, -0.05) is 48.5 Å². The predicted octanol–water partition coefficient (Wildman–Crippen LogP) is 3.07. The van der Waals surface area contributed by atoms with Crippen molar-refractivity contribution in [2.24, 2.45) is 0 Å². The van der Waals surface area contributed by atoms with Crippen molar-refractivity contribution < 1.29 is 19.1 Å². The Morgan fingerprint density at radius 3 is 2.52 bits per heavy atom. The molecule has 1 amide bonds. The van der Waals surface area contributed by atoms with Crippen molar-refractivity contribution in [3.8, 4) is 5.75 Å². The quantitative estimate of drug-likeness (QED) is 0.751. The van der Waals surface area contributed by atoms with Crippen LogP contribution in [0.5, 0.6) is 5.75 Å². The van der Waals surface area contributed by atoms with E-state index in [1.807, 2.05) is 36.4 Å². The molecule has 0 aromatic heterocycles. The highest BCUT2D eigenvalue weighted by Gasteiger charge is 2.11. The van der Waals surface area contributed by atoms with Crippen LogP contribution < -0.4 is 10.1 Å². The summed E-state index contributed by atoms with van der Waals surface area (Å²) < 4.78 is 10.2. The lowest BCUT2D eigenvalue weighted by atomic mass is 10.2. The van der Waals surface area contributed by atoms with Crippen LogP contribution in [0.2, 0.25) is 0 Å². The maximum Gasteiger partial charge on any atom is 0.307 e. The second-order valence-corrected chi connectivity index (χ2v) is 5.20. The van der Waals surface area contributed by atoms with Crippen LogP contribution in [0, 0.1) is 0 Å². The lowest BCUT2D eigenvalue weighted by Gasteiger charge is -2.08. The van der Waals surface area contributed by atoms with E-state index in [9.17, 15) is 9.59 Å². The molecule has 2 rings (SSSR count). The van der Waals surface area contributed by atoms with Crippen molar-refractivity contribution in [1.29, 1.82) is 0 Å². The number of rotatable bonds is 8. The third-order valence-corrected chi connectivity index (χ3v) is 3.42. The summed E-state index contributed by atoms with van der Waals surface area (Å²) in [7, 11) is 1.51. The number of carbonyl (C=O) groups is 2. The van der Waals surface area contributed by atoms with E-state index in [4.69, 9.17) is 9.47 Å². The van der Waals surface area contributed by atoms with Crippen LogP contribution in [-0.4, -0.2) is 32.1 Å². The Morgan fingerprint density at radius 1 is 1.04 bits per heavy atom. The molecular weight excluding hydrogens is 318 g/mol. The molecule has 5 heteroatoms. The van der Waals surface area contributed by atoms with E-state index in [0.29, 0.717) is 11.3 Å². The summed E-state index contributed by atoms with van der Waals surface area (Å²) >= 11 is 0. The predicted molar refractivity (Wildman–Crippen MR) is 96.4 cm³/mol. The minimum Gasteiger partial charge on any atom is -0.496 e. The van der Waals surface area contributed by atoms with E-state index in [-0.39, 0.29) is 31.4 Å². The fourth-order valence-corrected chi connectivity index (χ4v) is 2.17. The molecule has 0 saturated carbocycles. The zero-order chi connectivity index (χ0) is 17.9. The summed E-state index contributed by atoms with van der Waals surface area (Å²) in [6.07, 6.45) is 3.78. The highest BCUT2D eigenvalue weighted by molar-refractivity contribution is 5.97. The third-order valence-electron chi connectivity index (χ3n) is 3.42. The summed E-state index contributed by atoms with van der Waals surface area (Å²) in [4.78, 5) is 23.7. The zero-order valence-electron chi connectivity index (χ0n) is 14.1. The van der Waals surface area contributed by atoms with Gasteiger partial charge in [0.05, 0.1) is 19.1 Å². The molecule has 0 unspecified atom stereocenters. The Kier molecular flexibility index (Phi) is 7.25. The molecule has 0 spiro atoms. The molecule has 2 aromatic rings. The smallest absolute Gasteiger partial charge is 0.307 e. The van der Waals surface area contributed by atoms with Crippen LogP contribution in [0.1, 0.15) is 22.3 Å². The number of carbonyl (C=O) groups excluding carboxylic acids is 2. The molecule has 0 bridgehead atoms. The van der Waals surface area contributed by atoms with E-state index in [0.717, 1.165) is 5.56 Å². The van der Waals surface area contributed by atoms with E-state index < -0.39 is 0 Å². The van der Waals surface area contributed by atoms with Crippen molar-refractivity contribution in [2.45, 2.75) is 6.42 Å². The molecule has 130 valence electrons. The number of methoxy groups -OCH3 is 1. The number of hydrogen-bond acceptors (Lipinski definition) is 4. The Labute approximate surface area is 147 Å². The zero-order valence-corrected chi connectivity index (χ0v) is 14.1. The average molecular weight is 339 g/mol. The molecule has 0 heterocycles. The van der Waals surface area contributed by atoms with Crippen molar-refractivity contribution >= 4 is 18.0 Å². The van der Waals surface area contributed by atoms with Gasteiger partial charge in [-0.25, -0.2) is 0 Å². The Balaban J connectivity index is 1.68. The molecular formula is C20H21NO4. The number of amides is 1. The van der Waals surface area contributed by atoms with Crippen molar-refractivity contribution in [3.63, 3.8) is 0 Å². The molecule has 0 saturated heterocycles. The first kappa shape index (κ1) is 18.3. The highest BCUT2D eigenvalue weighted by atomic mass is 16.5. The average Bonchev–Trinajstić information content (AvgIpc) is 2.66. The van der Waals surface area contributed by atoms with Gasteiger partial charge in [0.2, 0.25) is 0 Å². The van der Waals surface area contributed by atoms with Gasteiger partial charge >= 0.3 is 5.97 Å². The van der Waals surface area contributed by atoms with E-state index in [2.05, 4.69) is 5.32 Å². The number of ether oxygens (including phenoxy) is 2.